The van der Waals surface area contributed by atoms with E-state index in [0.29, 0.717) is 6.54 Å². The summed E-state index contributed by atoms with van der Waals surface area (Å²) in [5.74, 6) is -0.214. The van der Waals surface area contributed by atoms with Crippen LogP contribution >= 0.6 is 0 Å². The van der Waals surface area contributed by atoms with Crippen LogP contribution in [0, 0.1) is 5.41 Å². The molecule has 2 unspecified atom stereocenters. The van der Waals surface area contributed by atoms with Crippen molar-refractivity contribution >= 4 is 12.0 Å². The molecule has 1 rings (SSSR count). The van der Waals surface area contributed by atoms with E-state index < -0.39 is 18.2 Å². The predicted octanol–water partition coefficient (Wildman–Crippen LogP) is 0.782. The fourth-order valence-corrected chi connectivity index (χ4v) is 2.66. The van der Waals surface area contributed by atoms with Crippen molar-refractivity contribution in [2.75, 3.05) is 20.1 Å². The molecule has 2 amide bonds. The van der Waals surface area contributed by atoms with Gasteiger partial charge in [0.25, 0.3) is 5.91 Å². The van der Waals surface area contributed by atoms with E-state index in [1.54, 1.807) is 12.1 Å². The molecule has 0 radical (unpaired) electrons. The lowest BCUT2D eigenvalue weighted by Gasteiger charge is -2.33. The molecule has 0 aliphatic carbocycles. The Morgan fingerprint density at radius 3 is 2.31 bits per heavy atom. The fraction of sp³-hybridized carbons (Fsp3) is 0.556. The molecule has 0 aliphatic rings. The molecule has 2 atom stereocenters. The molecule has 0 saturated heterocycles. The van der Waals surface area contributed by atoms with Gasteiger partial charge in [-0.1, -0.05) is 51.1 Å². The molecule has 0 fully saturated rings. The third-order valence-electron chi connectivity index (χ3n) is 3.82. The van der Waals surface area contributed by atoms with Crippen molar-refractivity contribution in [2.45, 2.75) is 39.5 Å². The molecule has 5 N–H and O–H groups in total. The van der Waals surface area contributed by atoms with Crippen LogP contribution in [0.3, 0.4) is 0 Å². The fourth-order valence-electron chi connectivity index (χ4n) is 2.66. The lowest BCUT2D eigenvalue weighted by molar-refractivity contribution is -0.131. The van der Waals surface area contributed by atoms with E-state index in [9.17, 15) is 14.7 Å². The number of aliphatic hydroxyl groups is 1. The van der Waals surface area contributed by atoms with Gasteiger partial charge in [-0.3, -0.25) is 10.2 Å². The number of nitrogens with one attached hydrogen (secondary N) is 3. The Morgan fingerprint density at radius 2 is 1.81 bits per heavy atom. The highest BCUT2D eigenvalue weighted by Gasteiger charge is 2.31. The molecule has 0 saturated carbocycles. The second-order valence-electron chi connectivity index (χ2n) is 7.27. The van der Waals surface area contributed by atoms with Crippen molar-refractivity contribution in [1.29, 1.82) is 0 Å². The van der Waals surface area contributed by atoms with Crippen LogP contribution in [0.1, 0.15) is 26.3 Å². The maximum atomic E-state index is 12.7. The van der Waals surface area contributed by atoms with E-state index in [-0.39, 0.29) is 24.4 Å². The number of carboxylic acid groups (broad SMARTS) is 1. The van der Waals surface area contributed by atoms with Gasteiger partial charge in [0.2, 0.25) is 0 Å². The minimum atomic E-state index is -1.20. The Bertz CT molecular complexity index is 574. The number of carbonyl (C=O) groups excluding carboxylic acids is 1. The number of aliphatic hydroxyl groups excluding tert-OH is 1. The topological polar surface area (TPSA) is 114 Å². The van der Waals surface area contributed by atoms with Crippen LogP contribution in [0.4, 0.5) is 4.79 Å². The van der Waals surface area contributed by atoms with E-state index in [0.717, 1.165) is 5.56 Å². The third-order valence-corrected chi connectivity index (χ3v) is 3.82. The van der Waals surface area contributed by atoms with E-state index in [4.69, 9.17) is 5.11 Å². The maximum Gasteiger partial charge on any atom is 0.404 e. The van der Waals surface area contributed by atoms with Crippen molar-refractivity contribution in [3.8, 4) is 0 Å². The minimum absolute atomic E-state index is 0.0848. The van der Waals surface area contributed by atoms with Crippen LogP contribution in [0.15, 0.2) is 30.3 Å². The van der Waals surface area contributed by atoms with E-state index in [2.05, 4.69) is 16.1 Å². The molecule has 0 spiro atoms. The summed E-state index contributed by atoms with van der Waals surface area (Å²) in [5, 5.41) is 25.5. The highest BCUT2D eigenvalue weighted by Crippen LogP contribution is 2.19. The third kappa shape index (κ3) is 7.81. The monoisotopic (exact) mass is 366 g/mol. The number of benzene rings is 1. The number of hydrogen-bond donors (Lipinski definition) is 5. The normalized spacial score (nSPS) is 13.9. The summed E-state index contributed by atoms with van der Waals surface area (Å²) in [6.07, 6.45) is -2.16. The molecule has 0 aliphatic heterocycles. The molecule has 0 bridgehead atoms. The Kier molecular flexibility index (Phi) is 8.50. The Balaban J connectivity index is 2.82. The summed E-state index contributed by atoms with van der Waals surface area (Å²) in [6.45, 7) is 6.23. The van der Waals surface area contributed by atoms with Gasteiger partial charge in [0.15, 0.2) is 0 Å². The summed E-state index contributed by atoms with van der Waals surface area (Å²) >= 11 is 0. The van der Waals surface area contributed by atoms with Crippen LogP contribution in [0.5, 0.6) is 0 Å². The summed E-state index contributed by atoms with van der Waals surface area (Å²) in [6, 6.07) is 9.09. The zero-order valence-corrected chi connectivity index (χ0v) is 15.8. The SMILES string of the molecule is CNC(C(=O)NN(Cc1ccccc1)CC(O)CNC(=O)O)C(C)(C)C. The van der Waals surface area contributed by atoms with Crippen molar-refractivity contribution in [1.82, 2.24) is 21.1 Å². The van der Waals surface area contributed by atoms with Crippen LogP contribution in [-0.2, 0) is 11.3 Å². The second-order valence-corrected chi connectivity index (χ2v) is 7.27. The van der Waals surface area contributed by atoms with Gasteiger partial charge in [0.1, 0.15) is 0 Å². The lowest BCUT2D eigenvalue weighted by atomic mass is 9.86. The first-order chi connectivity index (χ1) is 12.1. The molecular formula is C18H30N4O4. The van der Waals surface area contributed by atoms with Gasteiger partial charge < -0.3 is 20.8 Å². The largest absolute Gasteiger partial charge is 0.465 e. The number of nitrogens with zero attached hydrogens (tertiary/aromatic N) is 1. The molecule has 26 heavy (non-hydrogen) atoms. The van der Waals surface area contributed by atoms with Crippen LogP contribution < -0.4 is 16.1 Å². The van der Waals surface area contributed by atoms with Gasteiger partial charge in [-0.15, -0.1) is 0 Å². The molecule has 146 valence electrons. The summed E-state index contributed by atoms with van der Waals surface area (Å²) in [7, 11) is 1.72. The van der Waals surface area contributed by atoms with Gasteiger partial charge in [-0.25, -0.2) is 9.80 Å². The summed E-state index contributed by atoms with van der Waals surface area (Å²) in [5.41, 5.74) is 3.51. The van der Waals surface area contributed by atoms with Gasteiger partial charge in [-0.2, -0.15) is 0 Å². The molecule has 1 aromatic rings. The van der Waals surface area contributed by atoms with E-state index in [1.165, 1.54) is 0 Å². The number of rotatable bonds is 9. The van der Waals surface area contributed by atoms with E-state index in [1.807, 2.05) is 51.1 Å². The van der Waals surface area contributed by atoms with Gasteiger partial charge >= 0.3 is 6.09 Å². The number of amides is 2. The highest BCUT2D eigenvalue weighted by atomic mass is 16.4. The van der Waals surface area contributed by atoms with Crippen molar-refractivity contribution in [3.05, 3.63) is 35.9 Å². The number of hydrogen-bond acceptors (Lipinski definition) is 5. The average molecular weight is 366 g/mol. The minimum Gasteiger partial charge on any atom is -0.465 e. The van der Waals surface area contributed by atoms with Crippen molar-refractivity contribution in [2.24, 2.45) is 5.41 Å². The van der Waals surface area contributed by atoms with Gasteiger partial charge in [-0.05, 0) is 18.0 Å². The zero-order valence-electron chi connectivity index (χ0n) is 15.8. The molecular weight excluding hydrogens is 336 g/mol. The summed E-state index contributed by atoms with van der Waals surface area (Å²) < 4.78 is 0. The van der Waals surface area contributed by atoms with Crippen LogP contribution in [0.25, 0.3) is 0 Å². The Hall–Kier alpha value is -2.16. The quantitative estimate of drug-likeness (QED) is 0.413. The number of hydrazine groups is 1. The first-order valence-corrected chi connectivity index (χ1v) is 8.55. The summed E-state index contributed by atoms with van der Waals surface area (Å²) in [4.78, 5) is 23.2. The number of likely N-dealkylation sites (N-methyl/N-ethyl adjacent to an activating group) is 1. The molecule has 8 heteroatoms. The molecule has 0 heterocycles. The Labute approximate surface area is 154 Å². The standard InChI is InChI=1S/C18H30N4O4/c1-18(2,3)15(19-4)16(24)21-22(11-13-8-6-5-7-9-13)12-14(23)10-20-17(25)26/h5-9,14-15,19-20,23H,10-12H2,1-4H3,(H,21,24)(H,25,26). The number of carbonyl (C=O) groups is 2. The highest BCUT2D eigenvalue weighted by molar-refractivity contribution is 5.82. The van der Waals surface area contributed by atoms with Gasteiger partial charge in [0, 0.05) is 19.6 Å². The second kappa shape index (κ2) is 10.1. The Morgan fingerprint density at radius 1 is 1.19 bits per heavy atom. The predicted molar refractivity (Wildman–Crippen MR) is 99.3 cm³/mol. The smallest absolute Gasteiger partial charge is 0.404 e. The van der Waals surface area contributed by atoms with Crippen molar-refractivity contribution in [3.63, 3.8) is 0 Å². The first-order valence-electron chi connectivity index (χ1n) is 8.55. The first kappa shape index (κ1) is 21.9. The molecule has 0 aromatic heterocycles. The average Bonchev–Trinajstić information content (AvgIpc) is 2.53. The molecule has 1 aromatic carbocycles. The van der Waals surface area contributed by atoms with Crippen LogP contribution in [0.2, 0.25) is 0 Å². The zero-order chi connectivity index (χ0) is 19.7. The van der Waals surface area contributed by atoms with E-state index >= 15 is 0 Å². The lowest BCUT2D eigenvalue weighted by Crippen LogP contribution is -2.56. The van der Waals surface area contributed by atoms with Gasteiger partial charge in [0.05, 0.1) is 12.1 Å². The maximum absolute atomic E-state index is 12.7. The molecule has 8 nitrogen and oxygen atoms in total. The van der Waals surface area contributed by atoms with Crippen LogP contribution in [-0.4, -0.2) is 59.5 Å². The van der Waals surface area contributed by atoms with Crippen molar-refractivity contribution < 1.29 is 19.8 Å².